The fourth-order valence-electron chi connectivity index (χ4n) is 1.82. The summed E-state index contributed by atoms with van der Waals surface area (Å²) in [5.74, 6) is 0.656. The van der Waals surface area contributed by atoms with E-state index in [1.807, 2.05) is 12.1 Å². The van der Waals surface area contributed by atoms with Crippen LogP contribution in [0.5, 0.6) is 0 Å². The maximum atomic E-state index is 5.89. The van der Waals surface area contributed by atoms with Crippen LogP contribution in [0.25, 0.3) is 5.65 Å². The van der Waals surface area contributed by atoms with Gasteiger partial charge in [0.2, 0.25) is 5.95 Å². The van der Waals surface area contributed by atoms with Crippen molar-refractivity contribution in [2.24, 2.45) is 0 Å². The van der Waals surface area contributed by atoms with Crippen molar-refractivity contribution in [2.45, 2.75) is 25.3 Å². The lowest BCUT2D eigenvalue weighted by molar-refractivity contribution is 0.658. The molecule has 0 aliphatic heterocycles. The van der Waals surface area contributed by atoms with E-state index >= 15 is 0 Å². The van der Waals surface area contributed by atoms with Crippen LogP contribution in [0.1, 0.15) is 19.3 Å². The van der Waals surface area contributed by atoms with E-state index in [0.717, 1.165) is 31.2 Å². The van der Waals surface area contributed by atoms with Crippen LogP contribution in [0.2, 0.25) is 5.02 Å². The summed E-state index contributed by atoms with van der Waals surface area (Å²) in [5, 5.41) is 11.7. The van der Waals surface area contributed by atoms with Gasteiger partial charge in [-0.15, -0.1) is 5.10 Å². The molecule has 5 nitrogen and oxygen atoms in total. The van der Waals surface area contributed by atoms with Crippen molar-refractivity contribution in [3.63, 3.8) is 0 Å². The highest BCUT2D eigenvalue weighted by Crippen LogP contribution is 2.18. The highest BCUT2D eigenvalue weighted by Gasteiger charge is 2.19. The minimum atomic E-state index is 0.656. The van der Waals surface area contributed by atoms with Gasteiger partial charge in [0.1, 0.15) is 0 Å². The van der Waals surface area contributed by atoms with E-state index in [4.69, 9.17) is 11.6 Å². The summed E-state index contributed by atoms with van der Waals surface area (Å²) in [4.78, 5) is 4.36. The van der Waals surface area contributed by atoms with Crippen LogP contribution in [-0.4, -0.2) is 33.7 Å². The Morgan fingerprint density at radius 1 is 1.33 bits per heavy atom. The molecule has 1 aliphatic carbocycles. The predicted molar refractivity (Wildman–Crippen MR) is 72.1 cm³/mol. The lowest BCUT2D eigenvalue weighted by atomic mass is 10.4. The number of nitrogens with zero attached hydrogens (tertiary/aromatic N) is 3. The second-order valence-corrected chi connectivity index (χ2v) is 5.03. The van der Waals surface area contributed by atoms with Crippen molar-refractivity contribution in [3.8, 4) is 0 Å². The van der Waals surface area contributed by atoms with Gasteiger partial charge in [-0.25, -0.2) is 4.52 Å². The van der Waals surface area contributed by atoms with Crippen LogP contribution in [0.15, 0.2) is 18.3 Å². The number of nitrogens with one attached hydrogen (secondary N) is 2. The second-order valence-electron chi connectivity index (χ2n) is 4.59. The molecule has 1 aliphatic rings. The van der Waals surface area contributed by atoms with Crippen molar-refractivity contribution >= 4 is 23.2 Å². The molecular formula is C12H16ClN5. The van der Waals surface area contributed by atoms with Crippen molar-refractivity contribution in [1.82, 2.24) is 19.9 Å². The molecule has 18 heavy (non-hydrogen) atoms. The van der Waals surface area contributed by atoms with Gasteiger partial charge in [-0.1, -0.05) is 11.6 Å². The molecule has 0 aromatic carbocycles. The fourth-order valence-corrected chi connectivity index (χ4v) is 1.97. The van der Waals surface area contributed by atoms with Gasteiger partial charge in [0.05, 0.1) is 5.02 Å². The number of anilines is 1. The first-order valence-electron chi connectivity index (χ1n) is 6.30. The zero-order chi connectivity index (χ0) is 12.4. The maximum Gasteiger partial charge on any atom is 0.243 e. The van der Waals surface area contributed by atoms with Gasteiger partial charge < -0.3 is 10.6 Å². The maximum absolute atomic E-state index is 5.89. The van der Waals surface area contributed by atoms with Crippen molar-refractivity contribution in [1.29, 1.82) is 0 Å². The molecule has 2 aromatic heterocycles. The third-order valence-corrected chi connectivity index (χ3v) is 3.17. The lowest BCUT2D eigenvalue weighted by Gasteiger charge is -2.02. The first-order valence-corrected chi connectivity index (χ1v) is 6.68. The Balaban J connectivity index is 1.50. The molecule has 0 radical (unpaired) electrons. The highest BCUT2D eigenvalue weighted by molar-refractivity contribution is 6.30. The Morgan fingerprint density at radius 3 is 3.06 bits per heavy atom. The van der Waals surface area contributed by atoms with Gasteiger partial charge >= 0.3 is 0 Å². The van der Waals surface area contributed by atoms with Gasteiger partial charge in [-0.2, -0.15) is 4.98 Å². The van der Waals surface area contributed by atoms with Gasteiger partial charge in [-0.3, -0.25) is 0 Å². The summed E-state index contributed by atoms with van der Waals surface area (Å²) in [6, 6.07) is 4.45. The Kier molecular flexibility index (Phi) is 3.34. The number of hydrogen-bond donors (Lipinski definition) is 2. The van der Waals surface area contributed by atoms with Gasteiger partial charge in [0.15, 0.2) is 5.65 Å². The summed E-state index contributed by atoms with van der Waals surface area (Å²) in [6.07, 6.45) is 5.50. The number of halogens is 1. The standard InChI is InChI=1S/C12H16ClN5/c13-9-2-5-11-16-12(17-18(11)8-9)15-7-1-6-14-10-3-4-10/h2,5,8,10,14H,1,3-4,6-7H2,(H,15,17). The van der Waals surface area contributed by atoms with Crippen molar-refractivity contribution < 1.29 is 0 Å². The monoisotopic (exact) mass is 265 g/mol. The highest BCUT2D eigenvalue weighted by atomic mass is 35.5. The summed E-state index contributed by atoms with van der Waals surface area (Å²) in [5.41, 5.74) is 0.804. The molecular weight excluding hydrogens is 250 g/mol. The summed E-state index contributed by atoms with van der Waals surface area (Å²) >= 11 is 5.89. The molecule has 2 N–H and O–H groups in total. The van der Waals surface area contributed by atoms with E-state index in [9.17, 15) is 0 Å². The topological polar surface area (TPSA) is 54.2 Å². The largest absolute Gasteiger partial charge is 0.353 e. The van der Waals surface area contributed by atoms with E-state index in [1.165, 1.54) is 12.8 Å². The first-order chi connectivity index (χ1) is 8.81. The molecule has 3 rings (SSSR count). The average molecular weight is 266 g/mol. The molecule has 6 heteroatoms. The first kappa shape index (κ1) is 11.7. The molecule has 0 saturated heterocycles. The SMILES string of the molecule is Clc1ccc2nc(NCCCNC3CC3)nn2c1. The quantitative estimate of drug-likeness (QED) is 0.784. The third kappa shape index (κ3) is 2.91. The molecule has 0 atom stereocenters. The zero-order valence-electron chi connectivity index (χ0n) is 10.1. The fraction of sp³-hybridized carbons (Fsp3) is 0.500. The zero-order valence-corrected chi connectivity index (χ0v) is 10.8. The van der Waals surface area contributed by atoms with Crippen LogP contribution in [0.4, 0.5) is 5.95 Å². The van der Waals surface area contributed by atoms with Crippen LogP contribution in [0, 0.1) is 0 Å². The minimum absolute atomic E-state index is 0.656. The second kappa shape index (κ2) is 5.12. The third-order valence-electron chi connectivity index (χ3n) is 2.94. The Labute approximate surface area is 111 Å². The lowest BCUT2D eigenvalue weighted by Crippen LogP contribution is -2.20. The summed E-state index contributed by atoms with van der Waals surface area (Å²) < 4.78 is 1.69. The Hall–Kier alpha value is -1.33. The number of aromatic nitrogens is 3. The summed E-state index contributed by atoms with van der Waals surface area (Å²) in [6.45, 7) is 1.93. The molecule has 0 amide bonds. The van der Waals surface area contributed by atoms with Gasteiger partial charge in [0.25, 0.3) is 0 Å². The van der Waals surface area contributed by atoms with Crippen molar-refractivity contribution in [2.75, 3.05) is 18.4 Å². The van der Waals surface area contributed by atoms with Crippen LogP contribution >= 0.6 is 11.6 Å². The molecule has 0 bridgehead atoms. The summed E-state index contributed by atoms with van der Waals surface area (Å²) in [7, 11) is 0. The van der Waals surface area contributed by atoms with E-state index < -0.39 is 0 Å². The van der Waals surface area contributed by atoms with E-state index in [0.29, 0.717) is 11.0 Å². The molecule has 2 aromatic rings. The van der Waals surface area contributed by atoms with Crippen LogP contribution in [-0.2, 0) is 0 Å². The van der Waals surface area contributed by atoms with Crippen LogP contribution in [0.3, 0.4) is 0 Å². The predicted octanol–water partition coefficient (Wildman–Crippen LogP) is 1.94. The Bertz CT molecular complexity index is 534. The molecule has 2 heterocycles. The van der Waals surface area contributed by atoms with Crippen LogP contribution < -0.4 is 10.6 Å². The average Bonchev–Trinajstić information content (AvgIpc) is 3.08. The molecule has 96 valence electrons. The minimum Gasteiger partial charge on any atom is -0.353 e. The van der Waals surface area contributed by atoms with Crippen molar-refractivity contribution in [3.05, 3.63) is 23.4 Å². The smallest absolute Gasteiger partial charge is 0.243 e. The normalized spacial score (nSPS) is 15.2. The molecule has 1 saturated carbocycles. The van der Waals surface area contributed by atoms with E-state index in [2.05, 4.69) is 20.7 Å². The number of rotatable bonds is 6. The van der Waals surface area contributed by atoms with E-state index in [-0.39, 0.29) is 0 Å². The number of fused-ring (bicyclic) bond motifs is 1. The van der Waals surface area contributed by atoms with Gasteiger partial charge in [-0.05, 0) is 37.9 Å². The molecule has 1 fully saturated rings. The van der Waals surface area contributed by atoms with E-state index in [1.54, 1.807) is 10.7 Å². The Morgan fingerprint density at radius 2 is 2.22 bits per heavy atom. The molecule has 0 spiro atoms. The van der Waals surface area contributed by atoms with Gasteiger partial charge in [0, 0.05) is 18.8 Å². The number of pyridine rings is 1. The molecule has 0 unspecified atom stereocenters. The number of hydrogen-bond acceptors (Lipinski definition) is 4.